The van der Waals surface area contributed by atoms with Crippen LogP contribution in [-0.4, -0.2) is 34.3 Å². The third kappa shape index (κ3) is 2.48. The molecule has 1 aromatic rings. The van der Waals surface area contributed by atoms with Crippen LogP contribution in [0.2, 0.25) is 0 Å². The van der Waals surface area contributed by atoms with E-state index in [1.54, 1.807) is 10.9 Å². The van der Waals surface area contributed by atoms with Crippen molar-refractivity contribution in [1.29, 1.82) is 0 Å². The van der Waals surface area contributed by atoms with Crippen LogP contribution in [0.25, 0.3) is 0 Å². The molecule has 1 aromatic heterocycles. The minimum absolute atomic E-state index is 0. The van der Waals surface area contributed by atoms with Crippen molar-refractivity contribution < 1.29 is 9.53 Å². The predicted molar refractivity (Wildman–Crippen MR) is 72.1 cm³/mol. The lowest BCUT2D eigenvalue weighted by molar-refractivity contribution is 0.0185. The van der Waals surface area contributed by atoms with Crippen LogP contribution < -0.4 is 10.1 Å². The van der Waals surface area contributed by atoms with Gasteiger partial charge in [0.2, 0.25) is 0 Å². The van der Waals surface area contributed by atoms with Gasteiger partial charge in [-0.05, 0) is 13.1 Å². The number of hydrogen-bond donors (Lipinski definition) is 1. The Kier molecular flexibility index (Phi) is 4.64. The van der Waals surface area contributed by atoms with Gasteiger partial charge in [0.1, 0.15) is 5.60 Å². The first-order valence-electron chi connectivity index (χ1n) is 5.65. The van der Waals surface area contributed by atoms with Crippen LogP contribution in [-0.2, 0) is 7.05 Å². The summed E-state index contributed by atoms with van der Waals surface area (Å²) in [6.45, 7) is 1.84. The number of carbonyl (C=O) groups is 1. The van der Waals surface area contributed by atoms with E-state index >= 15 is 0 Å². The molecule has 102 valence electrons. The number of aromatic nitrogens is 2. The fourth-order valence-electron chi connectivity index (χ4n) is 2.54. The second kappa shape index (κ2) is 5.47. The molecule has 0 atom stereocenters. The van der Waals surface area contributed by atoms with Gasteiger partial charge in [-0.1, -0.05) is 0 Å². The molecule has 0 radical (unpaired) electrons. The number of fused-ring (bicyclic) bond motifs is 1. The summed E-state index contributed by atoms with van der Waals surface area (Å²) in [6, 6.07) is 0. The number of ketones is 1. The van der Waals surface area contributed by atoms with Gasteiger partial charge in [0, 0.05) is 19.9 Å². The third-order valence-corrected chi connectivity index (χ3v) is 3.38. The molecular weight excluding hydrogens is 277 g/mol. The molecule has 0 bridgehead atoms. The second-order valence-electron chi connectivity index (χ2n) is 4.65. The number of rotatable bonds is 0. The first-order chi connectivity index (χ1) is 7.69. The van der Waals surface area contributed by atoms with Gasteiger partial charge in [-0.25, -0.2) is 0 Å². The molecule has 18 heavy (non-hydrogen) atoms. The summed E-state index contributed by atoms with van der Waals surface area (Å²) >= 11 is 0. The molecule has 0 amide bonds. The number of hydrogen-bond acceptors (Lipinski definition) is 4. The van der Waals surface area contributed by atoms with Crippen LogP contribution in [0, 0.1) is 0 Å². The minimum Gasteiger partial charge on any atom is -0.483 e. The Morgan fingerprint density at radius 2 is 2.06 bits per heavy atom. The summed E-state index contributed by atoms with van der Waals surface area (Å²) < 4.78 is 7.65. The Labute approximate surface area is 118 Å². The lowest BCUT2D eigenvalue weighted by atomic mass is 9.84. The van der Waals surface area contributed by atoms with Crippen molar-refractivity contribution in [3.05, 3.63) is 11.9 Å². The topological polar surface area (TPSA) is 56.2 Å². The summed E-state index contributed by atoms with van der Waals surface area (Å²) in [6.07, 6.45) is 4.05. The van der Waals surface area contributed by atoms with E-state index in [1.807, 2.05) is 7.05 Å². The van der Waals surface area contributed by atoms with E-state index in [2.05, 4.69) is 10.4 Å². The molecule has 1 N–H and O–H groups in total. The van der Waals surface area contributed by atoms with Crippen LogP contribution in [0.15, 0.2) is 6.20 Å². The van der Waals surface area contributed by atoms with Crippen LogP contribution in [0.3, 0.4) is 0 Å². The maximum Gasteiger partial charge on any atom is 0.190 e. The van der Waals surface area contributed by atoms with Crippen LogP contribution in [0.1, 0.15) is 29.8 Å². The van der Waals surface area contributed by atoms with E-state index in [4.69, 9.17) is 4.74 Å². The fourth-order valence-corrected chi connectivity index (χ4v) is 2.54. The Balaban J connectivity index is 0.000000810. The SMILES string of the molecule is Cl.Cl.Cn1cc2c(n1)C(=O)CC1(CCNCC1)O2. The van der Waals surface area contributed by atoms with Crippen LogP contribution in [0.4, 0.5) is 0 Å². The molecular formula is C11H17Cl2N3O2. The molecule has 5 nitrogen and oxygen atoms in total. The van der Waals surface area contributed by atoms with Gasteiger partial charge in [-0.15, -0.1) is 24.8 Å². The zero-order valence-corrected chi connectivity index (χ0v) is 11.8. The number of nitrogens with zero attached hydrogens (tertiary/aromatic N) is 2. The summed E-state index contributed by atoms with van der Waals surface area (Å²) in [5, 5.41) is 7.42. The molecule has 0 saturated carbocycles. The van der Waals surface area contributed by atoms with Gasteiger partial charge in [0.05, 0.1) is 12.6 Å². The number of piperidine rings is 1. The highest BCUT2D eigenvalue weighted by atomic mass is 35.5. The van der Waals surface area contributed by atoms with E-state index < -0.39 is 0 Å². The molecule has 1 saturated heterocycles. The minimum atomic E-state index is -0.279. The van der Waals surface area contributed by atoms with Crippen molar-refractivity contribution in [3.8, 4) is 5.75 Å². The Hall–Kier alpha value is -0.780. The summed E-state index contributed by atoms with van der Waals surface area (Å²) in [5.41, 5.74) is 0.213. The Bertz CT molecular complexity index is 441. The van der Waals surface area contributed by atoms with E-state index in [1.165, 1.54) is 0 Å². The monoisotopic (exact) mass is 293 g/mol. The molecule has 0 unspecified atom stereocenters. The zero-order valence-electron chi connectivity index (χ0n) is 10.1. The third-order valence-electron chi connectivity index (χ3n) is 3.38. The van der Waals surface area contributed by atoms with Gasteiger partial charge in [0.15, 0.2) is 17.2 Å². The molecule has 0 aliphatic carbocycles. The number of halogens is 2. The number of Topliss-reactive ketones (excluding diaryl/α,β-unsaturated/α-hetero) is 1. The van der Waals surface area contributed by atoms with Crippen molar-refractivity contribution >= 4 is 30.6 Å². The second-order valence-corrected chi connectivity index (χ2v) is 4.65. The molecule has 0 aromatic carbocycles. The van der Waals surface area contributed by atoms with Gasteiger partial charge >= 0.3 is 0 Å². The van der Waals surface area contributed by atoms with Gasteiger partial charge in [-0.2, -0.15) is 5.10 Å². The average molecular weight is 294 g/mol. The predicted octanol–water partition coefficient (Wildman–Crippen LogP) is 1.35. The lowest BCUT2D eigenvalue weighted by Crippen LogP contribution is -2.49. The van der Waals surface area contributed by atoms with E-state index in [0.717, 1.165) is 25.9 Å². The van der Waals surface area contributed by atoms with Gasteiger partial charge < -0.3 is 10.1 Å². The smallest absolute Gasteiger partial charge is 0.190 e. The largest absolute Gasteiger partial charge is 0.483 e. The quantitative estimate of drug-likeness (QED) is 0.785. The highest BCUT2D eigenvalue weighted by Gasteiger charge is 2.42. The highest BCUT2D eigenvalue weighted by Crippen LogP contribution is 2.37. The molecule has 7 heteroatoms. The van der Waals surface area contributed by atoms with Crippen molar-refractivity contribution in [1.82, 2.24) is 15.1 Å². The van der Waals surface area contributed by atoms with Crippen molar-refractivity contribution in [2.45, 2.75) is 24.9 Å². The van der Waals surface area contributed by atoms with E-state index in [0.29, 0.717) is 17.9 Å². The number of aryl methyl sites for hydroxylation is 1. The van der Waals surface area contributed by atoms with E-state index in [9.17, 15) is 4.79 Å². The maximum atomic E-state index is 12.0. The first-order valence-corrected chi connectivity index (χ1v) is 5.65. The maximum absolute atomic E-state index is 12.0. The highest BCUT2D eigenvalue weighted by molar-refractivity contribution is 5.98. The Morgan fingerprint density at radius 1 is 1.39 bits per heavy atom. The first kappa shape index (κ1) is 15.3. The standard InChI is InChI=1S/C11H15N3O2.2ClH/c1-14-7-9-10(13-14)8(15)6-11(16-9)2-4-12-5-3-11;;/h7,12H,2-6H2,1H3;2*1H. The average Bonchev–Trinajstić information content (AvgIpc) is 2.60. The van der Waals surface area contributed by atoms with Crippen LogP contribution in [0.5, 0.6) is 5.75 Å². The molecule has 2 aliphatic heterocycles. The molecule has 3 rings (SSSR count). The van der Waals surface area contributed by atoms with Crippen LogP contribution >= 0.6 is 24.8 Å². The molecule has 1 fully saturated rings. The molecule has 1 spiro atoms. The van der Waals surface area contributed by atoms with E-state index in [-0.39, 0.29) is 36.2 Å². The van der Waals surface area contributed by atoms with Crippen molar-refractivity contribution in [2.75, 3.05) is 13.1 Å². The number of nitrogens with one attached hydrogen (secondary N) is 1. The molecule has 3 heterocycles. The van der Waals surface area contributed by atoms with Gasteiger partial charge in [0.25, 0.3) is 0 Å². The normalized spacial score (nSPS) is 20.4. The van der Waals surface area contributed by atoms with Crippen molar-refractivity contribution in [3.63, 3.8) is 0 Å². The summed E-state index contributed by atoms with van der Waals surface area (Å²) in [7, 11) is 1.81. The number of ether oxygens (including phenoxy) is 1. The van der Waals surface area contributed by atoms with Gasteiger partial charge in [-0.3, -0.25) is 9.48 Å². The summed E-state index contributed by atoms with van der Waals surface area (Å²) in [5.74, 6) is 0.768. The lowest BCUT2D eigenvalue weighted by Gasteiger charge is -2.39. The summed E-state index contributed by atoms with van der Waals surface area (Å²) in [4.78, 5) is 12.0. The van der Waals surface area contributed by atoms with Crippen molar-refractivity contribution in [2.24, 2.45) is 7.05 Å². The Morgan fingerprint density at radius 3 is 2.72 bits per heavy atom. The fraction of sp³-hybridized carbons (Fsp3) is 0.636. The zero-order chi connectivity index (χ0) is 11.2. The molecule has 2 aliphatic rings. The number of carbonyl (C=O) groups excluding carboxylic acids is 1.